The number of rotatable bonds is 7. The van der Waals surface area contributed by atoms with Gasteiger partial charge in [0.15, 0.2) is 0 Å². The molecule has 6 nitrogen and oxygen atoms in total. The van der Waals surface area contributed by atoms with Crippen LogP contribution >= 0.6 is 11.6 Å². The molecule has 0 radical (unpaired) electrons. The average molecular weight is 391 g/mol. The van der Waals surface area contributed by atoms with Gasteiger partial charge in [0.05, 0.1) is 18.8 Å². The molecule has 0 saturated heterocycles. The Labute approximate surface area is 163 Å². The van der Waals surface area contributed by atoms with Crippen molar-refractivity contribution in [2.45, 2.75) is 40.2 Å². The first kappa shape index (κ1) is 20.7. The summed E-state index contributed by atoms with van der Waals surface area (Å²) in [6, 6.07) is 4.79. The van der Waals surface area contributed by atoms with Crippen LogP contribution in [0.5, 0.6) is 11.6 Å². The minimum atomic E-state index is -0.606. The number of esters is 1. The van der Waals surface area contributed by atoms with Crippen molar-refractivity contribution in [2.24, 2.45) is 0 Å². The zero-order valence-corrected chi connectivity index (χ0v) is 16.8. The number of ether oxygens (including phenoxy) is 2. The Morgan fingerprint density at radius 2 is 1.89 bits per heavy atom. The maximum absolute atomic E-state index is 12.4. The quantitative estimate of drug-likeness (QED) is 0.548. The summed E-state index contributed by atoms with van der Waals surface area (Å²) in [6.45, 7) is 7.37. The number of halogens is 1. The molecule has 0 spiro atoms. The summed E-state index contributed by atoms with van der Waals surface area (Å²) in [5.74, 6) is 0.0691. The molecule has 7 heteroatoms. The molecule has 0 bridgehead atoms. The number of carbonyl (C=O) groups is 2. The predicted octanol–water partition coefficient (Wildman–Crippen LogP) is 4.63. The fourth-order valence-electron chi connectivity index (χ4n) is 2.72. The fourth-order valence-corrected chi connectivity index (χ4v) is 3.05. The van der Waals surface area contributed by atoms with Crippen LogP contribution in [0.25, 0.3) is 0 Å². The number of benzene rings is 1. The van der Waals surface area contributed by atoms with Crippen molar-refractivity contribution in [1.29, 1.82) is 0 Å². The number of nitrogens with zero attached hydrogens (tertiary/aromatic N) is 1. The molecule has 2 rings (SSSR count). The van der Waals surface area contributed by atoms with Crippen LogP contribution in [0.1, 0.15) is 40.5 Å². The molecule has 144 valence electrons. The van der Waals surface area contributed by atoms with E-state index in [4.69, 9.17) is 21.1 Å². The monoisotopic (exact) mass is 390 g/mol. The van der Waals surface area contributed by atoms with Crippen molar-refractivity contribution in [3.05, 3.63) is 45.6 Å². The molecule has 1 atom stereocenters. The van der Waals surface area contributed by atoms with E-state index in [0.717, 1.165) is 17.4 Å². The van der Waals surface area contributed by atoms with Gasteiger partial charge in [-0.3, -0.25) is 0 Å². The second-order valence-electron chi connectivity index (χ2n) is 6.25. The van der Waals surface area contributed by atoms with Crippen LogP contribution in [0.2, 0.25) is 5.02 Å². The smallest absolute Gasteiger partial charge is 0.345 e. The lowest BCUT2D eigenvalue weighted by Crippen LogP contribution is -2.22. The Hall–Kier alpha value is -2.60. The molecule has 0 aliphatic rings. The summed E-state index contributed by atoms with van der Waals surface area (Å²) < 4.78 is 10.9. The van der Waals surface area contributed by atoms with E-state index in [9.17, 15) is 9.59 Å². The number of hydrogen-bond donors (Lipinski definition) is 1. The lowest BCUT2D eigenvalue weighted by atomic mass is 10.1. The van der Waals surface area contributed by atoms with Gasteiger partial charge in [0.2, 0.25) is 5.88 Å². The minimum absolute atomic E-state index is 0.110. The molecule has 1 heterocycles. The number of pyridine rings is 1. The average Bonchev–Trinajstić information content (AvgIpc) is 2.61. The molecule has 1 aromatic carbocycles. The molecule has 2 aromatic rings. The van der Waals surface area contributed by atoms with Gasteiger partial charge in [0.1, 0.15) is 17.6 Å². The summed E-state index contributed by atoms with van der Waals surface area (Å²) in [4.78, 5) is 28.1. The van der Waals surface area contributed by atoms with Gasteiger partial charge in [0, 0.05) is 10.7 Å². The highest BCUT2D eigenvalue weighted by atomic mass is 35.5. The van der Waals surface area contributed by atoms with Crippen molar-refractivity contribution in [3.8, 4) is 11.6 Å². The topological polar surface area (TPSA) is 77.5 Å². The number of aldehydes is 1. The lowest BCUT2D eigenvalue weighted by molar-refractivity contribution is -0.108. The molecule has 1 unspecified atom stereocenters. The first-order valence-corrected chi connectivity index (χ1v) is 8.94. The van der Waals surface area contributed by atoms with Gasteiger partial charge in [0.25, 0.3) is 0 Å². The Kier molecular flexibility index (Phi) is 6.80. The van der Waals surface area contributed by atoms with E-state index in [2.05, 4.69) is 10.3 Å². The summed E-state index contributed by atoms with van der Waals surface area (Å²) >= 11 is 6.08. The maximum Gasteiger partial charge on any atom is 0.345 e. The van der Waals surface area contributed by atoms with Crippen LogP contribution in [0, 0.1) is 20.8 Å². The molecule has 0 aliphatic carbocycles. The van der Waals surface area contributed by atoms with Crippen LogP contribution < -0.4 is 10.1 Å². The maximum atomic E-state index is 12.4. The lowest BCUT2D eigenvalue weighted by Gasteiger charge is -2.19. The van der Waals surface area contributed by atoms with Crippen molar-refractivity contribution < 1.29 is 19.1 Å². The number of hydrogen-bond acceptors (Lipinski definition) is 6. The van der Waals surface area contributed by atoms with E-state index in [1.54, 1.807) is 25.1 Å². The van der Waals surface area contributed by atoms with Crippen molar-refractivity contribution >= 4 is 29.5 Å². The van der Waals surface area contributed by atoms with Gasteiger partial charge in [-0.05, 0) is 56.5 Å². The molecule has 0 saturated carbocycles. The first-order chi connectivity index (χ1) is 12.8. The van der Waals surface area contributed by atoms with Crippen LogP contribution in [0.3, 0.4) is 0 Å². The molecule has 0 aliphatic heterocycles. The molecule has 0 amide bonds. The van der Waals surface area contributed by atoms with E-state index >= 15 is 0 Å². The Morgan fingerprint density at radius 1 is 1.26 bits per heavy atom. The van der Waals surface area contributed by atoms with Gasteiger partial charge >= 0.3 is 5.97 Å². The largest absolute Gasteiger partial charge is 0.465 e. The van der Waals surface area contributed by atoms with E-state index in [1.165, 1.54) is 7.11 Å². The van der Waals surface area contributed by atoms with Crippen molar-refractivity contribution in [1.82, 2.24) is 4.98 Å². The number of anilines is 1. The van der Waals surface area contributed by atoms with Crippen molar-refractivity contribution in [3.63, 3.8) is 0 Å². The molecule has 27 heavy (non-hydrogen) atoms. The zero-order chi connectivity index (χ0) is 20.1. The molecule has 0 fully saturated rings. The summed E-state index contributed by atoms with van der Waals surface area (Å²) in [7, 11) is 1.28. The van der Waals surface area contributed by atoms with E-state index < -0.39 is 12.0 Å². The third-order valence-electron chi connectivity index (χ3n) is 4.07. The number of aromatic nitrogens is 1. The van der Waals surface area contributed by atoms with Gasteiger partial charge in [-0.1, -0.05) is 18.5 Å². The van der Waals surface area contributed by atoms with Gasteiger partial charge < -0.3 is 19.6 Å². The van der Waals surface area contributed by atoms with Crippen LogP contribution in [0.15, 0.2) is 18.2 Å². The normalized spacial score (nSPS) is 11.6. The second-order valence-corrected chi connectivity index (χ2v) is 6.69. The SMILES string of the molecule is CCC(C=O)Nc1cc(C)nc(Oc2c(C)cc(Cl)cc2C)c1C(=O)OC. The predicted molar refractivity (Wildman–Crippen MR) is 105 cm³/mol. The highest BCUT2D eigenvalue weighted by Gasteiger charge is 2.24. The van der Waals surface area contributed by atoms with Crippen LogP contribution in [-0.4, -0.2) is 30.4 Å². The standard InChI is InChI=1S/C20H23ClN2O4/c1-6-15(10-24)23-16-9-13(4)22-19(17(16)20(25)26-5)27-18-11(2)7-14(21)8-12(18)3/h7-10,15H,6H2,1-5H3,(H,22,23). The van der Waals surface area contributed by atoms with Gasteiger partial charge in [-0.25, -0.2) is 9.78 Å². The number of methoxy groups -OCH3 is 1. The highest BCUT2D eigenvalue weighted by Crippen LogP contribution is 2.35. The Bertz CT molecular complexity index is 844. The van der Waals surface area contributed by atoms with E-state index in [-0.39, 0.29) is 11.4 Å². The molecular weight excluding hydrogens is 368 g/mol. The highest BCUT2D eigenvalue weighted by molar-refractivity contribution is 6.30. The Balaban J connectivity index is 2.60. The number of aryl methyl sites for hydroxylation is 3. The third kappa shape index (κ3) is 4.77. The summed E-state index contributed by atoms with van der Waals surface area (Å²) in [5.41, 5.74) is 2.83. The van der Waals surface area contributed by atoms with E-state index in [0.29, 0.717) is 28.6 Å². The fraction of sp³-hybridized carbons (Fsp3) is 0.350. The van der Waals surface area contributed by atoms with E-state index in [1.807, 2.05) is 20.8 Å². The third-order valence-corrected chi connectivity index (χ3v) is 4.29. The van der Waals surface area contributed by atoms with Crippen LogP contribution in [-0.2, 0) is 9.53 Å². The molecule has 1 aromatic heterocycles. The summed E-state index contributed by atoms with van der Waals surface area (Å²) in [6.07, 6.45) is 1.36. The Morgan fingerprint density at radius 3 is 2.41 bits per heavy atom. The molecular formula is C20H23ClN2O4. The molecule has 1 N–H and O–H groups in total. The minimum Gasteiger partial charge on any atom is -0.465 e. The van der Waals surface area contributed by atoms with Crippen LogP contribution in [0.4, 0.5) is 5.69 Å². The zero-order valence-electron chi connectivity index (χ0n) is 16.1. The van der Waals surface area contributed by atoms with Gasteiger partial charge in [-0.15, -0.1) is 0 Å². The van der Waals surface area contributed by atoms with Crippen molar-refractivity contribution in [2.75, 3.05) is 12.4 Å². The van der Waals surface area contributed by atoms with Gasteiger partial charge in [-0.2, -0.15) is 0 Å². The number of carbonyl (C=O) groups excluding carboxylic acids is 2. The first-order valence-electron chi connectivity index (χ1n) is 8.57. The second kappa shape index (κ2) is 8.86. The number of nitrogens with one attached hydrogen (secondary N) is 1. The summed E-state index contributed by atoms with van der Waals surface area (Å²) in [5, 5.41) is 3.66.